The molecule has 1 fully saturated rings. The number of carboxylic acids is 1. The molecular weight excluding hydrogens is 565 g/mol. The minimum Gasteiger partial charge on any atom is -0.494 e. The third-order valence-corrected chi connectivity index (χ3v) is 7.30. The molecule has 0 radical (unpaired) electrons. The van der Waals surface area contributed by atoms with Crippen molar-refractivity contribution in [2.24, 2.45) is 0 Å². The van der Waals surface area contributed by atoms with Crippen LogP contribution in [0.25, 0.3) is 0 Å². The maximum Gasteiger partial charge on any atom is 0.416 e. The van der Waals surface area contributed by atoms with E-state index >= 15 is 0 Å². The smallest absolute Gasteiger partial charge is 0.416 e. The summed E-state index contributed by atoms with van der Waals surface area (Å²) in [5, 5.41) is 9.84. The lowest BCUT2D eigenvalue weighted by Gasteiger charge is -2.26. The molecule has 3 aromatic carbocycles. The highest BCUT2D eigenvalue weighted by Gasteiger charge is 2.38. The molecule has 1 heterocycles. The molecule has 2 amide bonds. The number of nitrogens with zero attached hydrogens (tertiary/aromatic N) is 2. The first-order valence-corrected chi connectivity index (χ1v) is 13.9. The van der Waals surface area contributed by atoms with Crippen molar-refractivity contribution in [1.29, 1.82) is 0 Å². The van der Waals surface area contributed by atoms with Gasteiger partial charge in [0.05, 0.1) is 24.8 Å². The lowest BCUT2D eigenvalue weighted by molar-refractivity contribution is -0.153. The van der Waals surface area contributed by atoms with Crippen molar-refractivity contribution in [1.82, 2.24) is 9.80 Å². The number of carbonyl (C=O) groups is 2. The second-order valence-corrected chi connectivity index (χ2v) is 10.6. The number of carboxylic acid groups (broad SMARTS) is 1. The summed E-state index contributed by atoms with van der Waals surface area (Å²) in [5.74, 6) is -0.0115. The number of aliphatic carboxylic acids is 1. The summed E-state index contributed by atoms with van der Waals surface area (Å²) in [7, 11) is 1.55. The van der Waals surface area contributed by atoms with Gasteiger partial charge in [0.15, 0.2) is 0 Å². The number of amides is 2. The van der Waals surface area contributed by atoms with E-state index in [4.69, 9.17) is 14.2 Å². The molecule has 8 nitrogen and oxygen atoms in total. The molecule has 230 valence electrons. The number of methoxy groups -OCH3 is 1. The van der Waals surface area contributed by atoms with Crippen LogP contribution in [0.2, 0.25) is 0 Å². The number of ether oxygens (including phenoxy) is 3. The van der Waals surface area contributed by atoms with E-state index in [1.807, 2.05) is 6.07 Å². The molecule has 0 aromatic heterocycles. The van der Waals surface area contributed by atoms with Crippen LogP contribution in [-0.2, 0) is 28.7 Å². The molecule has 2 atom stereocenters. The van der Waals surface area contributed by atoms with E-state index in [0.29, 0.717) is 49.8 Å². The Hall–Kier alpha value is -4.25. The van der Waals surface area contributed by atoms with Crippen molar-refractivity contribution in [3.8, 4) is 11.5 Å². The molecule has 1 N–H and O–H groups in total. The maximum atomic E-state index is 13.1. The lowest BCUT2D eigenvalue weighted by atomic mass is 9.96. The summed E-state index contributed by atoms with van der Waals surface area (Å²) in [5.41, 5.74) is -0.820. The van der Waals surface area contributed by atoms with E-state index in [2.05, 4.69) is 0 Å². The van der Waals surface area contributed by atoms with Crippen molar-refractivity contribution in [2.45, 2.75) is 44.1 Å². The van der Waals surface area contributed by atoms with Crippen LogP contribution in [0.3, 0.4) is 0 Å². The van der Waals surface area contributed by atoms with Gasteiger partial charge >= 0.3 is 18.2 Å². The molecule has 0 spiro atoms. The van der Waals surface area contributed by atoms with Crippen LogP contribution in [-0.4, -0.2) is 72.0 Å². The fourth-order valence-corrected chi connectivity index (χ4v) is 4.95. The molecule has 0 aliphatic carbocycles. The van der Waals surface area contributed by atoms with Gasteiger partial charge in [-0.3, -0.25) is 0 Å². The predicted molar refractivity (Wildman–Crippen MR) is 153 cm³/mol. The molecule has 43 heavy (non-hydrogen) atoms. The number of carbonyl (C=O) groups excluding carboxylic acids is 1. The number of alkyl halides is 3. The van der Waals surface area contributed by atoms with E-state index in [9.17, 15) is 27.9 Å². The Morgan fingerprint density at radius 1 is 0.930 bits per heavy atom. The summed E-state index contributed by atoms with van der Waals surface area (Å²) in [6.45, 7) is 3.18. The number of hydrogen-bond acceptors (Lipinski definition) is 5. The van der Waals surface area contributed by atoms with Crippen LogP contribution in [0.4, 0.5) is 18.0 Å². The fraction of sp³-hybridized carbons (Fsp3) is 0.375. The van der Waals surface area contributed by atoms with Crippen molar-refractivity contribution in [2.75, 3.05) is 33.4 Å². The minimum atomic E-state index is -4.42. The van der Waals surface area contributed by atoms with Crippen molar-refractivity contribution < 1.29 is 42.1 Å². The largest absolute Gasteiger partial charge is 0.494 e. The number of para-hydroxylation sites is 1. The average molecular weight is 601 g/mol. The van der Waals surface area contributed by atoms with Crippen LogP contribution in [0.5, 0.6) is 11.5 Å². The van der Waals surface area contributed by atoms with E-state index in [-0.39, 0.29) is 25.0 Å². The van der Waals surface area contributed by atoms with E-state index in [0.717, 1.165) is 17.7 Å². The Morgan fingerprint density at radius 3 is 2.19 bits per heavy atom. The molecule has 11 heteroatoms. The zero-order valence-corrected chi connectivity index (χ0v) is 24.0. The van der Waals surface area contributed by atoms with E-state index in [1.165, 1.54) is 19.1 Å². The van der Waals surface area contributed by atoms with Gasteiger partial charge in [0, 0.05) is 39.6 Å². The second kappa shape index (κ2) is 13.8. The second-order valence-electron chi connectivity index (χ2n) is 10.6. The molecule has 1 aliphatic heterocycles. The number of benzene rings is 3. The highest BCUT2D eigenvalue weighted by Crippen LogP contribution is 2.30. The van der Waals surface area contributed by atoms with E-state index in [1.54, 1.807) is 65.4 Å². The Labute approximate surface area is 248 Å². The third-order valence-electron chi connectivity index (χ3n) is 7.30. The Kier molecular flexibility index (Phi) is 10.2. The molecule has 0 saturated carbocycles. The van der Waals surface area contributed by atoms with Gasteiger partial charge in [-0.15, -0.1) is 0 Å². The van der Waals surface area contributed by atoms with Gasteiger partial charge in [-0.05, 0) is 54.4 Å². The zero-order chi connectivity index (χ0) is 31.0. The topological polar surface area (TPSA) is 88.5 Å². The van der Waals surface area contributed by atoms with Crippen molar-refractivity contribution in [3.63, 3.8) is 0 Å². The molecule has 1 saturated heterocycles. The number of hydrogen-bond donors (Lipinski definition) is 1. The summed E-state index contributed by atoms with van der Waals surface area (Å²) in [6, 6.07) is 20.4. The van der Waals surface area contributed by atoms with Gasteiger partial charge in [0.25, 0.3) is 0 Å². The predicted octanol–water partition coefficient (Wildman–Crippen LogP) is 5.89. The minimum absolute atomic E-state index is 0.144. The van der Waals surface area contributed by atoms with Gasteiger partial charge in [0.1, 0.15) is 11.5 Å². The molecule has 4 rings (SSSR count). The molecule has 0 bridgehead atoms. The van der Waals surface area contributed by atoms with Crippen LogP contribution in [0, 0.1) is 0 Å². The van der Waals surface area contributed by atoms with Gasteiger partial charge in [-0.2, -0.15) is 13.2 Å². The SMILES string of the molecule is COCCN1C(=O)N(Cc2ccc(C(F)(F)F)cc2)CC1CCOc1ccc(CC(C)(Oc2ccccc2)C(=O)O)cc1. The zero-order valence-electron chi connectivity index (χ0n) is 24.0. The number of halogens is 3. The monoisotopic (exact) mass is 600 g/mol. The Morgan fingerprint density at radius 2 is 1.58 bits per heavy atom. The summed E-state index contributed by atoms with van der Waals surface area (Å²) >= 11 is 0. The number of rotatable bonds is 14. The molecule has 3 aromatic rings. The first-order valence-electron chi connectivity index (χ1n) is 13.9. The van der Waals surface area contributed by atoms with Crippen molar-refractivity contribution >= 4 is 12.0 Å². The van der Waals surface area contributed by atoms with Gasteiger partial charge < -0.3 is 29.1 Å². The van der Waals surface area contributed by atoms with Crippen LogP contribution in [0.15, 0.2) is 78.9 Å². The highest BCUT2D eigenvalue weighted by atomic mass is 19.4. The Balaban J connectivity index is 1.33. The van der Waals surface area contributed by atoms with Gasteiger partial charge in [-0.25, -0.2) is 9.59 Å². The van der Waals surface area contributed by atoms with Crippen molar-refractivity contribution in [3.05, 3.63) is 95.6 Å². The molecule has 1 aliphatic rings. The van der Waals surface area contributed by atoms with Crippen LogP contribution < -0.4 is 9.47 Å². The normalized spacial score (nSPS) is 16.7. The van der Waals surface area contributed by atoms with Gasteiger partial charge in [-0.1, -0.05) is 42.5 Å². The maximum absolute atomic E-state index is 13.1. The quantitative estimate of drug-likeness (QED) is 0.248. The van der Waals surface area contributed by atoms with Crippen LogP contribution in [0.1, 0.15) is 30.0 Å². The third kappa shape index (κ3) is 8.41. The molecular formula is C32H35F3N2O6. The molecule has 2 unspecified atom stereocenters. The van der Waals surface area contributed by atoms with E-state index < -0.39 is 23.3 Å². The standard InChI is InChI=1S/C32H35F3N2O6/c1-31(29(38)39,43-28-6-4-3-5-7-28)20-23-10-14-27(15-11-23)42-18-16-26-22-36(30(40)37(26)17-19-41-2)21-24-8-12-25(13-9-24)32(33,34)35/h3-15,26H,16-22H2,1-2H3,(H,38,39). The summed E-state index contributed by atoms with van der Waals surface area (Å²) < 4.78 is 55.7. The first-order chi connectivity index (χ1) is 20.5. The number of urea groups is 1. The summed E-state index contributed by atoms with van der Waals surface area (Å²) in [4.78, 5) is 28.5. The fourth-order valence-electron chi connectivity index (χ4n) is 4.95. The van der Waals surface area contributed by atoms with Crippen LogP contribution >= 0.6 is 0 Å². The average Bonchev–Trinajstić information content (AvgIpc) is 3.26. The lowest BCUT2D eigenvalue weighted by Crippen LogP contribution is -2.43. The first kappa shape index (κ1) is 31.7. The Bertz CT molecular complexity index is 1350. The highest BCUT2D eigenvalue weighted by molar-refractivity contribution is 5.78. The summed E-state index contributed by atoms with van der Waals surface area (Å²) in [6.07, 6.45) is -3.74. The van der Waals surface area contributed by atoms with Gasteiger partial charge in [0.2, 0.25) is 5.60 Å².